The fourth-order valence-corrected chi connectivity index (χ4v) is 5.70. The molecule has 0 fully saturated rings. The molecule has 0 aliphatic rings. The normalized spacial score (nSPS) is 14.8. The molecule has 0 saturated carbocycles. The van der Waals surface area contributed by atoms with Crippen molar-refractivity contribution in [2.75, 3.05) is 0 Å². The van der Waals surface area contributed by atoms with E-state index in [0.717, 1.165) is 22.3 Å². The third-order valence-corrected chi connectivity index (χ3v) is 7.63. The monoisotopic (exact) mass is 466 g/mol. The molecule has 7 heteroatoms. The maximum Gasteiger partial charge on any atom is 0.137 e. The van der Waals surface area contributed by atoms with Crippen LogP contribution in [0.15, 0.2) is 60.5 Å². The van der Waals surface area contributed by atoms with E-state index in [2.05, 4.69) is 69.0 Å². The van der Waals surface area contributed by atoms with Crippen LogP contribution >= 0.6 is 11.3 Å². The lowest BCUT2D eigenvalue weighted by Gasteiger charge is -2.49. The second-order valence-corrected chi connectivity index (χ2v) is 10.5. The molecular weight excluding hydrogens is 438 g/mol. The average Bonchev–Trinajstić information content (AvgIpc) is 3.44. The maximum atomic E-state index is 15.4. The van der Waals surface area contributed by atoms with Crippen LogP contribution in [0.25, 0.3) is 11.3 Å². The molecule has 172 valence electrons. The standard InChI is InChI=1S/C26H28F2N4S/c1-17-6-8-19(9-7-17)23-13-33-24(31-23)18(2)26(25(3,4)5,14-32-16-29-15-30-32)21-11-10-20(27)12-22(21)28/h6-13,15-16,18H,14H2,1-5H3. The van der Waals surface area contributed by atoms with Gasteiger partial charge < -0.3 is 0 Å². The maximum absolute atomic E-state index is 15.4. The van der Waals surface area contributed by atoms with Crippen molar-refractivity contribution in [3.63, 3.8) is 0 Å². The Morgan fingerprint density at radius 2 is 1.79 bits per heavy atom. The number of benzene rings is 2. The van der Waals surface area contributed by atoms with Gasteiger partial charge in [0.1, 0.15) is 24.3 Å². The fraction of sp³-hybridized carbons (Fsp3) is 0.346. The first-order valence-electron chi connectivity index (χ1n) is 10.9. The summed E-state index contributed by atoms with van der Waals surface area (Å²) in [6.07, 6.45) is 3.10. The quantitative estimate of drug-likeness (QED) is 0.315. The van der Waals surface area contributed by atoms with Gasteiger partial charge in [-0.05, 0) is 24.0 Å². The van der Waals surface area contributed by atoms with Crippen LogP contribution in [0, 0.1) is 24.0 Å². The molecule has 2 aromatic heterocycles. The van der Waals surface area contributed by atoms with Crippen LogP contribution < -0.4 is 0 Å². The summed E-state index contributed by atoms with van der Waals surface area (Å²) in [5.41, 5.74) is 2.37. The van der Waals surface area contributed by atoms with Gasteiger partial charge in [0.15, 0.2) is 0 Å². The van der Waals surface area contributed by atoms with Gasteiger partial charge in [-0.3, -0.25) is 4.68 Å². The molecule has 0 saturated heterocycles. The molecule has 33 heavy (non-hydrogen) atoms. The minimum absolute atomic E-state index is 0.189. The van der Waals surface area contributed by atoms with Crippen molar-refractivity contribution >= 4 is 11.3 Å². The summed E-state index contributed by atoms with van der Waals surface area (Å²) in [4.78, 5) is 9.05. The third-order valence-electron chi connectivity index (χ3n) is 6.61. The number of aromatic nitrogens is 4. The van der Waals surface area contributed by atoms with E-state index in [1.54, 1.807) is 28.4 Å². The van der Waals surface area contributed by atoms with E-state index in [9.17, 15) is 4.39 Å². The van der Waals surface area contributed by atoms with E-state index in [1.165, 1.54) is 18.0 Å². The summed E-state index contributed by atoms with van der Waals surface area (Å²) in [5.74, 6) is -1.35. The van der Waals surface area contributed by atoms with Gasteiger partial charge in [0.25, 0.3) is 0 Å². The summed E-state index contributed by atoms with van der Waals surface area (Å²) in [7, 11) is 0. The molecule has 0 radical (unpaired) electrons. The molecule has 4 nitrogen and oxygen atoms in total. The Morgan fingerprint density at radius 1 is 1.06 bits per heavy atom. The largest absolute Gasteiger partial charge is 0.252 e. The zero-order chi connectivity index (χ0) is 23.8. The first-order chi connectivity index (χ1) is 15.6. The Hall–Kier alpha value is -2.93. The van der Waals surface area contributed by atoms with Gasteiger partial charge >= 0.3 is 0 Å². The highest BCUT2D eigenvalue weighted by Crippen LogP contribution is 2.53. The molecule has 4 aromatic rings. The molecule has 0 spiro atoms. The van der Waals surface area contributed by atoms with Crippen molar-refractivity contribution in [3.8, 4) is 11.3 Å². The van der Waals surface area contributed by atoms with Crippen molar-refractivity contribution in [1.82, 2.24) is 19.7 Å². The second-order valence-electron chi connectivity index (χ2n) is 9.60. The Labute approximate surface area is 197 Å². The van der Waals surface area contributed by atoms with Crippen molar-refractivity contribution in [2.24, 2.45) is 5.41 Å². The molecule has 0 aliphatic carbocycles. The number of hydrogen-bond acceptors (Lipinski definition) is 4. The van der Waals surface area contributed by atoms with E-state index < -0.39 is 22.5 Å². The van der Waals surface area contributed by atoms with Crippen LogP contribution in [-0.2, 0) is 12.0 Å². The molecular formula is C26H28F2N4S. The van der Waals surface area contributed by atoms with Crippen molar-refractivity contribution in [1.29, 1.82) is 0 Å². The first kappa shape index (κ1) is 23.2. The fourth-order valence-electron chi connectivity index (χ4n) is 4.72. The van der Waals surface area contributed by atoms with E-state index in [1.807, 2.05) is 5.38 Å². The molecule has 2 aromatic carbocycles. The number of halogens is 2. The van der Waals surface area contributed by atoms with E-state index in [-0.39, 0.29) is 5.92 Å². The van der Waals surface area contributed by atoms with Gasteiger partial charge in [-0.1, -0.05) is 63.6 Å². The van der Waals surface area contributed by atoms with Gasteiger partial charge in [0, 0.05) is 28.3 Å². The first-order valence-corrected chi connectivity index (χ1v) is 11.8. The molecule has 4 rings (SSSR count). The third kappa shape index (κ3) is 4.34. The minimum atomic E-state index is -0.777. The lowest BCUT2D eigenvalue weighted by atomic mass is 9.56. The van der Waals surface area contributed by atoms with Crippen LogP contribution in [0.3, 0.4) is 0 Å². The van der Waals surface area contributed by atoms with Crippen molar-refractivity contribution in [3.05, 3.63) is 88.3 Å². The van der Waals surface area contributed by atoms with Crippen LogP contribution in [-0.4, -0.2) is 19.7 Å². The van der Waals surface area contributed by atoms with Crippen LogP contribution in [0.1, 0.15) is 49.7 Å². The van der Waals surface area contributed by atoms with Crippen molar-refractivity contribution in [2.45, 2.75) is 52.5 Å². The lowest BCUT2D eigenvalue weighted by Crippen LogP contribution is -2.48. The van der Waals surface area contributed by atoms with E-state index in [0.29, 0.717) is 12.1 Å². The molecule has 0 N–H and O–H groups in total. The number of thiazole rings is 1. The average molecular weight is 467 g/mol. The van der Waals surface area contributed by atoms with Gasteiger partial charge in [0.05, 0.1) is 17.2 Å². The van der Waals surface area contributed by atoms with Gasteiger partial charge in [0.2, 0.25) is 0 Å². The van der Waals surface area contributed by atoms with E-state index >= 15 is 4.39 Å². The molecule has 0 aliphatic heterocycles. The van der Waals surface area contributed by atoms with Crippen LogP contribution in [0.2, 0.25) is 0 Å². The summed E-state index contributed by atoms with van der Waals surface area (Å²) < 4.78 is 31.0. The van der Waals surface area contributed by atoms with Gasteiger partial charge in [-0.25, -0.2) is 18.7 Å². The summed E-state index contributed by atoms with van der Waals surface area (Å²) >= 11 is 1.56. The Kier molecular flexibility index (Phi) is 6.18. The van der Waals surface area contributed by atoms with Crippen molar-refractivity contribution < 1.29 is 8.78 Å². The second kappa shape index (κ2) is 8.78. The summed E-state index contributed by atoms with van der Waals surface area (Å²) in [5, 5.41) is 7.25. The zero-order valence-electron chi connectivity index (χ0n) is 19.5. The zero-order valence-corrected chi connectivity index (χ0v) is 20.3. The summed E-state index contributed by atoms with van der Waals surface area (Å²) in [6, 6.07) is 12.1. The van der Waals surface area contributed by atoms with Crippen LogP contribution in [0.5, 0.6) is 0 Å². The van der Waals surface area contributed by atoms with Crippen LogP contribution in [0.4, 0.5) is 8.78 Å². The highest BCUT2D eigenvalue weighted by molar-refractivity contribution is 7.10. The predicted molar refractivity (Wildman–Crippen MR) is 128 cm³/mol. The van der Waals surface area contributed by atoms with E-state index in [4.69, 9.17) is 4.98 Å². The van der Waals surface area contributed by atoms with Gasteiger partial charge in [-0.2, -0.15) is 5.10 Å². The Balaban J connectivity index is 1.87. The SMILES string of the molecule is Cc1ccc(-c2csc(C(C)C(Cn3cncn3)(c3ccc(F)cc3F)C(C)(C)C)n2)cc1. The molecule has 0 bridgehead atoms. The number of nitrogens with zero attached hydrogens (tertiary/aromatic N) is 4. The topological polar surface area (TPSA) is 43.6 Å². The lowest BCUT2D eigenvalue weighted by molar-refractivity contribution is 0.115. The molecule has 2 atom stereocenters. The molecule has 0 amide bonds. The number of hydrogen-bond donors (Lipinski definition) is 0. The highest BCUT2D eigenvalue weighted by Gasteiger charge is 2.51. The summed E-state index contributed by atoms with van der Waals surface area (Å²) in [6.45, 7) is 10.7. The Morgan fingerprint density at radius 3 is 2.39 bits per heavy atom. The minimum Gasteiger partial charge on any atom is -0.252 e. The predicted octanol–water partition coefficient (Wildman–Crippen LogP) is 6.78. The highest BCUT2D eigenvalue weighted by atomic mass is 32.1. The smallest absolute Gasteiger partial charge is 0.137 e. The van der Waals surface area contributed by atoms with Gasteiger partial charge in [-0.15, -0.1) is 11.3 Å². The molecule has 2 unspecified atom stereocenters. The molecule has 2 heterocycles. The Bertz CT molecular complexity index is 1230. The number of aryl methyl sites for hydroxylation is 1. The number of rotatable bonds is 6.